The Morgan fingerprint density at radius 3 is 3.05 bits per heavy atom. The van der Waals surface area contributed by atoms with Crippen LogP contribution in [0.15, 0.2) is 33.7 Å². The normalized spacial score (nSPS) is 10.3. The number of nitrogens with zero attached hydrogens (tertiary/aromatic N) is 2. The fourth-order valence-electron chi connectivity index (χ4n) is 1.67. The summed E-state index contributed by atoms with van der Waals surface area (Å²) in [6.45, 7) is 0.542. The molecule has 19 heavy (non-hydrogen) atoms. The number of thiophene rings is 1. The Morgan fingerprint density at radius 2 is 2.42 bits per heavy atom. The number of aromatic nitrogens is 1. The number of pyridine rings is 1. The molecule has 0 radical (unpaired) electrons. The first kappa shape index (κ1) is 14.0. The Kier molecular flexibility index (Phi) is 4.52. The monoisotopic (exact) mass is 340 g/mol. The molecule has 0 bridgehead atoms. The van der Waals surface area contributed by atoms with E-state index in [1.54, 1.807) is 35.5 Å². The Morgan fingerprint density at radius 1 is 1.63 bits per heavy atom. The number of amides is 1. The second kappa shape index (κ2) is 6.14. The number of nitrogen functional groups attached to an aromatic ring is 1. The molecular formula is C12H13BrN4OS. The molecule has 3 N–H and O–H groups in total. The summed E-state index contributed by atoms with van der Waals surface area (Å²) in [7, 11) is 1.75. The number of nitrogens with one attached hydrogen (secondary N) is 1. The summed E-state index contributed by atoms with van der Waals surface area (Å²) >= 11 is 5.00. The molecule has 0 aliphatic carbocycles. The van der Waals surface area contributed by atoms with E-state index in [1.807, 2.05) is 11.4 Å². The molecule has 0 saturated heterocycles. The SMILES string of the molecule is CN(Cc1csc(Br)c1)C(=O)c1cnccc1NN. The largest absolute Gasteiger partial charge is 0.337 e. The van der Waals surface area contributed by atoms with Crippen molar-refractivity contribution < 1.29 is 4.79 Å². The van der Waals surface area contributed by atoms with Crippen molar-refractivity contribution in [1.82, 2.24) is 9.88 Å². The van der Waals surface area contributed by atoms with Gasteiger partial charge in [-0.25, -0.2) is 0 Å². The van der Waals surface area contributed by atoms with Gasteiger partial charge in [0.05, 0.1) is 15.0 Å². The molecule has 1 amide bonds. The number of carbonyl (C=O) groups excluding carboxylic acids is 1. The molecule has 5 nitrogen and oxygen atoms in total. The van der Waals surface area contributed by atoms with Gasteiger partial charge in [0.1, 0.15) is 0 Å². The average molecular weight is 341 g/mol. The predicted octanol–water partition coefficient (Wildman–Crippen LogP) is 2.46. The van der Waals surface area contributed by atoms with Gasteiger partial charge in [0.25, 0.3) is 5.91 Å². The summed E-state index contributed by atoms with van der Waals surface area (Å²) in [5.41, 5.74) is 4.62. The summed E-state index contributed by atoms with van der Waals surface area (Å²) in [4.78, 5) is 17.9. The molecule has 2 aromatic rings. The van der Waals surface area contributed by atoms with Crippen molar-refractivity contribution in [2.24, 2.45) is 5.84 Å². The summed E-state index contributed by atoms with van der Waals surface area (Å²) in [5.74, 6) is 5.27. The highest BCUT2D eigenvalue weighted by atomic mass is 79.9. The number of halogens is 1. The van der Waals surface area contributed by atoms with E-state index in [4.69, 9.17) is 5.84 Å². The number of hydrogen-bond acceptors (Lipinski definition) is 5. The van der Waals surface area contributed by atoms with Gasteiger partial charge in [-0.1, -0.05) is 0 Å². The lowest BCUT2D eigenvalue weighted by Crippen LogP contribution is -2.27. The van der Waals surface area contributed by atoms with Crippen molar-refractivity contribution in [3.63, 3.8) is 0 Å². The fraction of sp³-hybridized carbons (Fsp3) is 0.167. The zero-order valence-electron chi connectivity index (χ0n) is 10.3. The third-order valence-electron chi connectivity index (χ3n) is 2.60. The minimum Gasteiger partial charge on any atom is -0.337 e. The maximum Gasteiger partial charge on any atom is 0.257 e. The molecule has 7 heteroatoms. The minimum atomic E-state index is -0.122. The van der Waals surface area contributed by atoms with Crippen LogP contribution in [-0.4, -0.2) is 22.8 Å². The molecule has 0 atom stereocenters. The topological polar surface area (TPSA) is 71.2 Å². The van der Waals surface area contributed by atoms with Crippen LogP contribution in [0.1, 0.15) is 15.9 Å². The van der Waals surface area contributed by atoms with Crippen LogP contribution in [0.25, 0.3) is 0 Å². The maximum absolute atomic E-state index is 12.3. The summed E-state index contributed by atoms with van der Waals surface area (Å²) < 4.78 is 1.05. The zero-order valence-corrected chi connectivity index (χ0v) is 12.7. The van der Waals surface area contributed by atoms with Gasteiger partial charge in [-0.05, 0) is 39.0 Å². The number of hydrazine groups is 1. The van der Waals surface area contributed by atoms with Crippen molar-refractivity contribution >= 4 is 38.9 Å². The van der Waals surface area contributed by atoms with Crippen molar-refractivity contribution in [1.29, 1.82) is 0 Å². The minimum absolute atomic E-state index is 0.122. The van der Waals surface area contributed by atoms with Crippen molar-refractivity contribution in [2.45, 2.75) is 6.54 Å². The zero-order chi connectivity index (χ0) is 13.8. The van der Waals surface area contributed by atoms with Crippen LogP contribution in [-0.2, 0) is 6.54 Å². The third kappa shape index (κ3) is 3.31. The molecule has 0 aromatic carbocycles. The molecule has 100 valence electrons. The van der Waals surface area contributed by atoms with Crippen LogP contribution in [0.2, 0.25) is 0 Å². The van der Waals surface area contributed by atoms with E-state index >= 15 is 0 Å². The highest BCUT2D eigenvalue weighted by Crippen LogP contribution is 2.22. The quantitative estimate of drug-likeness (QED) is 0.662. The van der Waals surface area contributed by atoms with Gasteiger partial charge >= 0.3 is 0 Å². The van der Waals surface area contributed by atoms with E-state index in [0.717, 1.165) is 9.35 Å². The van der Waals surface area contributed by atoms with Gasteiger partial charge in [0.15, 0.2) is 0 Å². The van der Waals surface area contributed by atoms with Crippen molar-refractivity contribution in [3.05, 3.63) is 44.8 Å². The third-order valence-corrected chi connectivity index (χ3v) is 4.15. The molecule has 2 rings (SSSR count). The average Bonchev–Trinajstić information content (AvgIpc) is 2.83. The molecule has 2 heterocycles. The van der Waals surface area contributed by atoms with E-state index < -0.39 is 0 Å². The van der Waals surface area contributed by atoms with Gasteiger partial charge in [-0.3, -0.25) is 15.6 Å². The lowest BCUT2D eigenvalue weighted by molar-refractivity contribution is 0.0785. The van der Waals surface area contributed by atoms with Crippen LogP contribution in [0.4, 0.5) is 5.69 Å². The van der Waals surface area contributed by atoms with Gasteiger partial charge in [-0.2, -0.15) is 0 Å². The second-order valence-corrected chi connectivity index (χ2v) is 6.28. The molecule has 2 aromatic heterocycles. The Labute approximate surface area is 123 Å². The van der Waals surface area contributed by atoms with E-state index in [9.17, 15) is 4.79 Å². The van der Waals surface area contributed by atoms with Gasteiger partial charge in [0, 0.05) is 26.0 Å². The van der Waals surface area contributed by atoms with Crippen molar-refractivity contribution in [3.8, 4) is 0 Å². The van der Waals surface area contributed by atoms with E-state index in [2.05, 4.69) is 26.3 Å². The van der Waals surface area contributed by atoms with E-state index in [1.165, 1.54) is 6.20 Å². The maximum atomic E-state index is 12.3. The smallest absolute Gasteiger partial charge is 0.257 e. The van der Waals surface area contributed by atoms with Crippen LogP contribution in [0, 0.1) is 0 Å². The van der Waals surface area contributed by atoms with Crippen LogP contribution in [0.5, 0.6) is 0 Å². The molecular weight excluding hydrogens is 328 g/mol. The molecule has 0 aliphatic heterocycles. The van der Waals surface area contributed by atoms with E-state index in [-0.39, 0.29) is 5.91 Å². The van der Waals surface area contributed by atoms with Crippen LogP contribution < -0.4 is 11.3 Å². The number of anilines is 1. The highest BCUT2D eigenvalue weighted by molar-refractivity contribution is 9.11. The number of hydrogen-bond donors (Lipinski definition) is 2. The van der Waals surface area contributed by atoms with Crippen LogP contribution in [0.3, 0.4) is 0 Å². The number of carbonyl (C=O) groups is 1. The summed E-state index contributed by atoms with van der Waals surface area (Å²) in [5, 5.41) is 2.01. The molecule has 0 aliphatic rings. The lowest BCUT2D eigenvalue weighted by atomic mass is 10.2. The van der Waals surface area contributed by atoms with Gasteiger partial charge < -0.3 is 10.3 Å². The molecule has 0 unspecified atom stereocenters. The Bertz CT molecular complexity index is 587. The number of nitrogens with two attached hydrogens (primary N) is 1. The molecule has 0 spiro atoms. The first-order valence-corrected chi connectivity index (χ1v) is 7.18. The van der Waals surface area contributed by atoms with Crippen molar-refractivity contribution in [2.75, 3.05) is 12.5 Å². The Balaban J connectivity index is 2.14. The Hall–Kier alpha value is -1.44. The second-order valence-electron chi connectivity index (χ2n) is 3.99. The summed E-state index contributed by atoms with van der Waals surface area (Å²) in [6.07, 6.45) is 3.10. The first-order chi connectivity index (χ1) is 9.11. The standard InChI is InChI=1S/C12H13BrN4OS/c1-17(6-8-4-11(13)19-7-8)12(18)9-5-15-3-2-10(9)16-14/h2-5,7H,6,14H2,1H3,(H,15,16). The summed E-state index contributed by atoms with van der Waals surface area (Å²) in [6, 6.07) is 3.67. The fourth-order valence-corrected chi connectivity index (χ4v) is 2.87. The predicted molar refractivity (Wildman–Crippen MR) is 79.9 cm³/mol. The first-order valence-electron chi connectivity index (χ1n) is 5.51. The molecule has 0 fully saturated rings. The van der Waals surface area contributed by atoms with E-state index in [0.29, 0.717) is 17.8 Å². The lowest BCUT2D eigenvalue weighted by Gasteiger charge is -2.18. The van der Waals surface area contributed by atoms with Gasteiger partial charge in [-0.15, -0.1) is 11.3 Å². The number of rotatable bonds is 4. The van der Waals surface area contributed by atoms with Gasteiger partial charge in [0.2, 0.25) is 0 Å². The molecule has 0 saturated carbocycles. The highest BCUT2D eigenvalue weighted by Gasteiger charge is 2.16. The van der Waals surface area contributed by atoms with Crippen LogP contribution >= 0.6 is 27.3 Å².